The lowest BCUT2D eigenvalue weighted by atomic mass is 10.2. The molecule has 0 aliphatic carbocycles. The summed E-state index contributed by atoms with van der Waals surface area (Å²) in [5.74, 6) is 1.47. The van der Waals surface area contributed by atoms with Crippen LogP contribution in [0.15, 0.2) is 36.7 Å². The monoisotopic (exact) mass is 462 g/mol. The molecule has 0 radical (unpaired) electrons. The number of rotatable bonds is 4. The summed E-state index contributed by atoms with van der Waals surface area (Å²) >= 11 is 1.53. The molecule has 0 spiro atoms. The van der Waals surface area contributed by atoms with Gasteiger partial charge in [-0.3, -0.25) is 4.79 Å². The predicted molar refractivity (Wildman–Crippen MR) is 128 cm³/mol. The first-order chi connectivity index (χ1) is 16.0. The van der Waals surface area contributed by atoms with Gasteiger partial charge in [0.15, 0.2) is 17.3 Å². The minimum absolute atomic E-state index is 0.0349. The highest BCUT2D eigenvalue weighted by molar-refractivity contribution is 7.22. The van der Waals surface area contributed by atoms with Crippen molar-refractivity contribution in [3.05, 3.63) is 36.7 Å². The van der Waals surface area contributed by atoms with Crippen LogP contribution in [-0.4, -0.2) is 64.2 Å². The number of nitrogens with two attached hydrogens (primary N) is 1. The number of carbonyl (C=O) groups is 1. The van der Waals surface area contributed by atoms with E-state index in [0.717, 1.165) is 39.9 Å². The second kappa shape index (κ2) is 8.68. The number of carbonyl (C=O) groups excluding carboxylic acids is 1. The number of morpholine rings is 1. The van der Waals surface area contributed by atoms with Crippen LogP contribution in [0.2, 0.25) is 0 Å². The lowest BCUT2D eigenvalue weighted by molar-refractivity contribution is -0.116. The maximum atomic E-state index is 11.8. The highest BCUT2D eigenvalue weighted by Crippen LogP contribution is 2.37. The van der Waals surface area contributed by atoms with Crippen LogP contribution in [0.1, 0.15) is 6.92 Å². The maximum absolute atomic E-state index is 11.8. The van der Waals surface area contributed by atoms with Crippen molar-refractivity contribution in [2.24, 2.45) is 0 Å². The fraction of sp³-hybridized carbons (Fsp3) is 0.273. The Hall–Kier alpha value is -3.70. The predicted octanol–water partition coefficient (Wildman–Crippen LogP) is 2.61. The number of benzene rings is 1. The van der Waals surface area contributed by atoms with Crippen LogP contribution in [-0.2, 0) is 9.53 Å². The van der Waals surface area contributed by atoms with Crippen molar-refractivity contribution in [1.29, 1.82) is 0 Å². The summed E-state index contributed by atoms with van der Waals surface area (Å²) in [6.07, 6.45) is 3.22. The largest absolute Gasteiger partial charge is 0.378 e. The Labute approximate surface area is 194 Å². The van der Waals surface area contributed by atoms with E-state index in [4.69, 9.17) is 25.4 Å². The molecule has 10 nitrogen and oxygen atoms in total. The van der Waals surface area contributed by atoms with Gasteiger partial charge in [-0.05, 0) is 12.1 Å². The molecule has 11 heteroatoms. The van der Waals surface area contributed by atoms with Crippen LogP contribution in [0.4, 0.5) is 17.5 Å². The quantitative estimate of drug-likeness (QED) is 0.487. The van der Waals surface area contributed by atoms with Gasteiger partial charge in [0.2, 0.25) is 11.9 Å². The molecule has 1 amide bonds. The van der Waals surface area contributed by atoms with Crippen molar-refractivity contribution in [2.75, 3.05) is 48.9 Å². The van der Waals surface area contributed by atoms with Crippen molar-refractivity contribution < 1.29 is 9.53 Å². The minimum atomic E-state index is -0.0349. The third kappa shape index (κ3) is 4.20. The smallest absolute Gasteiger partial charge is 0.223 e. The summed E-state index contributed by atoms with van der Waals surface area (Å²) in [5, 5.41) is 0.804. The average Bonchev–Trinajstić information content (AvgIpc) is 3.28. The van der Waals surface area contributed by atoms with Gasteiger partial charge in [-0.25, -0.2) is 24.9 Å². The van der Waals surface area contributed by atoms with Gasteiger partial charge in [0.25, 0.3) is 0 Å². The van der Waals surface area contributed by atoms with Crippen molar-refractivity contribution >= 4 is 45.0 Å². The standard InChI is InChI=1S/C22H22N8O2S/c1-13(31)29(2)16-5-3-4-14(10-16)21-28-19-17(33-21)20(30-6-8-32-9-7-30)27-18(26-19)15-11-24-22(23)25-12-15/h3-5,10-12H,6-9H2,1-2H3,(H2,23,24,25). The molecule has 168 valence electrons. The summed E-state index contributed by atoms with van der Waals surface area (Å²) in [7, 11) is 1.75. The van der Waals surface area contributed by atoms with Gasteiger partial charge in [0.1, 0.15) is 9.71 Å². The molecule has 3 aromatic heterocycles. The van der Waals surface area contributed by atoms with Gasteiger partial charge in [-0.2, -0.15) is 0 Å². The summed E-state index contributed by atoms with van der Waals surface area (Å²) in [5.41, 5.74) is 8.62. The second-order valence-corrected chi connectivity index (χ2v) is 8.60. The summed E-state index contributed by atoms with van der Waals surface area (Å²) in [6.45, 7) is 4.27. The number of ether oxygens (including phenoxy) is 1. The highest BCUT2D eigenvalue weighted by atomic mass is 32.1. The SMILES string of the molecule is CC(=O)N(C)c1cccc(-c2nc3nc(-c4cnc(N)nc4)nc(N4CCOCC4)c3s2)c1. The molecule has 4 aromatic rings. The van der Waals surface area contributed by atoms with Crippen LogP contribution < -0.4 is 15.5 Å². The van der Waals surface area contributed by atoms with E-state index < -0.39 is 0 Å². The summed E-state index contributed by atoms with van der Waals surface area (Å²) in [6, 6.07) is 7.75. The van der Waals surface area contributed by atoms with E-state index >= 15 is 0 Å². The second-order valence-electron chi connectivity index (χ2n) is 7.60. The Bertz CT molecular complexity index is 1320. The van der Waals surface area contributed by atoms with Crippen molar-refractivity contribution in [1.82, 2.24) is 24.9 Å². The van der Waals surface area contributed by atoms with Crippen LogP contribution in [0, 0.1) is 0 Å². The zero-order chi connectivity index (χ0) is 22.9. The van der Waals surface area contributed by atoms with Crippen molar-refractivity contribution in [3.63, 3.8) is 0 Å². The molecule has 4 heterocycles. The van der Waals surface area contributed by atoms with E-state index in [2.05, 4.69) is 14.9 Å². The molecule has 5 rings (SSSR count). The molecule has 0 bridgehead atoms. The Morgan fingerprint density at radius 1 is 1.12 bits per heavy atom. The first-order valence-electron chi connectivity index (χ1n) is 10.4. The first kappa shape index (κ1) is 21.2. The van der Waals surface area contributed by atoms with E-state index in [9.17, 15) is 4.79 Å². The van der Waals surface area contributed by atoms with Gasteiger partial charge in [-0.1, -0.05) is 12.1 Å². The third-order valence-electron chi connectivity index (χ3n) is 5.43. The average molecular weight is 463 g/mol. The van der Waals surface area contributed by atoms with Gasteiger partial charge < -0.3 is 20.3 Å². The van der Waals surface area contributed by atoms with E-state index in [0.29, 0.717) is 30.2 Å². The molecule has 1 aliphatic heterocycles. The van der Waals surface area contributed by atoms with E-state index in [1.807, 2.05) is 24.3 Å². The molecular formula is C22H22N8O2S. The number of hydrogen-bond acceptors (Lipinski definition) is 10. The number of hydrogen-bond donors (Lipinski definition) is 1. The number of nitrogens with zero attached hydrogens (tertiary/aromatic N) is 7. The molecule has 2 N–H and O–H groups in total. The normalized spacial score (nSPS) is 13.9. The molecule has 0 unspecified atom stereocenters. The Morgan fingerprint density at radius 2 is 1.88 bits per heavy atom. The number of anilines is 3. The van der Waals surface area contributed by atoms with E-state index in [-0.39, 0.29) is 11.9 Å². The number of thiazole rings is 1. The number of fused-ring (bicyclic) bond motifs is 1. The Morgan fingerprint density at radius 3 is 2.61 bits per heavy atom. The molecule has 0 atom stereocenters. The van der Waals surface area contributed by atoms with Crippen LogP contribution in [0.5, 0.6) is 0 Å². The fourth-order valence-corrected chi connectivity index (χ4v) is 4.55. The molecule has 1 aliphatic rings. The fourth-order valence-electron chi connectivity index (χ4n) is 3.53. The number of aromatic nitrogens is 5. The molecule has 1 fully saturated rings. The molecule has 33 heavy (non-hydrogen) atoms. The number of amides is 1. The van der Waals surface area contributed by atoms with Gasteiger partial charge in [0, 0.05) is 50.7 Å². The molecule has 1 saturated heterocycles. The number of nitrogen functional groups attached to an aromatic ring is 1. The Balaban J connectivity index is 1.64. The molecular weight excluding hydrogens is 440 g/mol. The lowest BCUT2D eigenvalue weighted by Crippen LogP contribution is -2.36. The Kier molecular flexibility index (Phi) is 5.56. The van der Waals surface area contributed by atoms with Crippen molar-refractivity contribution in [3.8, 4) is 22.0 Å². The lowest BCUT2D eigenvalue weighted by Gasteiger charge is -2.28. The van der Waals surface area contributed by atoms with Gasteiger partial charge in [-0.15, -0.1) is 11.3 Å². The summed E-state index contributed by atoms with van der Waals surface area (Å²) < 4.78 is 6.43. The third-order valence-corrected chi connectivity index (χ3v) is 6.52. The summed E-state index contributed by atoms with van der Waals surface area (Å²) in [4.78, 5) is 38.1. The molecule has 0 saturated carbocycles. The maximum Gasteiger partial charge on any atom is 0.223 e. The topological polar surface area (TPSA) is 123 Å². The van der Waals surface area contributed by atoms with Crippen LogP contribution in [0.25, 0.3) is 32.3 Å². The van der Waals surface area contributed by atoms with E-state index in [1.165, 1.54) is 18.3 Å². The van der Waals surface area contributed by atoms with Gasteiger partial charge >= 0.3 is 0 Å². The zero-order valence-corrected chi connectivity index (χ0v) is 19.0. The first-order valence-corrected chi connectivity index (χ1v) is 11.2. The molecule has 1 aromatic carbocycles. The van der Waals surface area contributed by atoms with Crippen LogP contribution in [0.3, 0.4) is 0 Å². The minimum Gasteiger partial charge on any atom is -0.378 e. The van der Waals surface area contributed by atoms with Gasteiger partial charge in [0.05, 0.1) is 18.8 Å². The van der Waals surface area contributed by atoms with E-state index in [1.54, 1.807) is 24.3 Å². The highest BCUT2D eigenvalue weighted by Gasteiger charge is 2.22. The van der Waals surface area contributed by atoms with Crippen LogP contribution >= 0.6 is 11.3 Å². The zero-order valence-electron chi connectivity index (χ0n) is 18.2. The van der Waals surface area contributed by atoms with Crippen molar-refractivity contribution in [2.45, 2.75) is 6.92 Å².